The molecule has 1 aromatic heterocycles. The van der Waals surface area contributed by atoms with E-state index in [0.717, 1.165) is 49.2 Å². The highest BCUT2D eigenvalue weighted by atomic mass is 16.5. The fourth-order valence-corrected chi connectivity index (χ4v) is 4.03. The Hall–Kier alpha value is -3.08. The molecule has 0 aliphatic carbocycles. The van der Waals surface area contributed by atoms with Gasteiger partial charge in [-0.25, -0.2) is 4.98 Å². The Labute approximate surface area is 171 Å². The number of carbonyl (C=O) groups excluding carboxylic acids is 1. The number of rotatable bonds is 5. The molecule has 2 heterocycles. The van der Waals surface area contributed by atoms with E-state index in [-0.39, 0.29) is 11.9 Å². The zero-order valence-electron chi connectivity index (χ0n) is 16.8. The Morgan fingerprint density at radius 2 is 1.86 bits per heavy atom. The summed E-state index contributed by atoms with van der Waals surface area (Å²) in [7, 11) is 1.67. The summed E-state index contributed by atoms with van der Waals surface area (Å²) in [5.74, 6) is 0.954. The molecule has 0 saturated carbocycles. The highest BCUT2D eigenvalue weighted by molar-refractivity contribution is 5.94. The van der Waals surface area contributed by atoms with E-state index in [1.807, 2.05) is 47.2 Å². The van der Waals surface area contributed by atoms with E-state index in [0.29, 0.717) is 0 Å². The molecule has 29 heavy (non-hydrogen) atoms. The summed E-state index contributed by atoms with van der Waals surface area (Å²) in [6.45, 7) is 1.55. The lowest BCUT2D eigenvalue weighted by Gasteiger charge is -2.31. The van der Waals surface area contributed by atoms with Crippen LogP contribution in [0, 0.1) is 0 Å². The van der Waals surface area contributed by atoms with Gasteiger partial charge in [-0.3, -0.25) is 4.79 Å². The topological polar surface area (TPSA) is 47.4 Å². The van der Waals surface area contributed by atoms with Gasteiger partial charge in [0, 0.05) is 31.0 Å². The molecule has 1 aliphatic heterocycles. The number of ether oxygens (including phenoxy) is 1. The van der Waals surface area contributed by atoms with Crippen molar-refractivity contribution in [1.82, 2.24) is 14.5 Å². The minimum Gasteiger partial charge on any atom is -0.497 e. The average Bonchev–Trinajstić information content (AvgIpc) is 3.15. The van der Waals surface area contributed by atoms with Gasteiger partial charge in [-0.2, -0.15) is 0 Å². The molecule has 4 rings (SSSR count). The minimum absolute atomic E-state index is 0.113. The zero-order chi connectivity index (χ0) is 20.1. The van der Waals surface area contributed by atoms with Crippen LogP contribution in [0.3, 0.4) is 0 Å². The van der Waals surface area contributed by atoms with Crippen LogP contribution >= 0.6 is 0 Å². The van der Waals surface area contributed by atoms with Gasteiger partial charge in [0.25, 0.3) is 5.91 Å². The fourth-order valence-electron chi connectivity index (χ4n) is 4.03. The summed E-state index contributed by atoms with van der Waals surface area (Å²) in [4.78, 5) is 19.5. The quantitative estimate of drug-likeness (QED) is 0.636. The van der Waals surface area contributed by atoms with Crippen molar-refractivity contribution in [3.8, 4) is 5.75 Å². The highest BCUT2D eigenvalue weighted by Crippen LogP contribution is 2.32. The number of methoxy groups -OCH3 is 1. The normalized spacial score (nSPS) is 17.0. The lowest BCUT2D eigenvalue weighted by Crippen LogP contribution is -2.34. The number of hydrogen-bond donors (Lipinski definition) is 0. The number of benzene rings is 2. The van der Waals surface area contributed by atoms with Crippen LogP contribution in [0.25, 0.3) is 0 Å². The Kier molecular flexibility index (Phi) is 5.94. The maximum Gasteiger partial charge on any atom is 0.254 e. The molecule has 1 unspecified atom stereocenters. The monoisotopic (exact) mass is 389 g/mol. The molecule has 3 aromatic rings. The van der Waals surface area contributed by atoms with E-state index < -0.39 is 0 Å². The first-order valence-corrected chi connectivity index (χ1v) is 10.2. The molecule has 1 amide bonds. The van der Waals surface area contributed by atoms with Crippen molar-refractivity contribution < 1.29 is 9.53 Å². The number of likely N-dealkylation sites (tertiary alicyclic amines) is 1. The average molecular weight is 389 g/mol. The summed E-state index contributed by atoms with van der Waals surface area (Å²) >= 11 is 0. The van der Waals surface area contributed by atoms with E-state index in [2.05, 4.69) is 22.0 Å². The maximum atomic E-state index is 13.4. The molecule has 0 N–H and O–H groups in total. The molecule has 1 fully saturated rings. The summed E-state index contributed by atoms with van der Waals surface area (Å²) in [5.41, 5.74) is 3.08. The number of amides is 1. The van der Waals surface area contributed by atoms with Crippen molar-refractivity contribution in [1.29, 1.82) is 0 Å². The largest absolute Gasteiger partial charge is 0.497 e. The number of nitrogens with zero attached hydrogens (tertiary/aromatic N) is 3. The highest BCUT2D eigenvalue weighted by Gasteiger charge is 2.27. The SMILES string of the molecule is COc1ccc(C2CCCCCN2C(=O)c2ccc(Cn3ccnc3)cc2)cc1. The van der Waals surface area contributed by atoms with Gasteiger partial charge < -0.3 is 14.2 Å². The Morgan fingerprint density at radius 3 is 2.55 bits per heavy atom. The van der Waals surface area contributed by atoms with Crippen molar-refractivity contribution in [2.45, 2.75) is 38.3 Å². The van der Waals surface area contributed by atoms with Crippen LogP contribution in [0.5, 0.6) is 5.75 Å². The maximum absolute atomic E-state index is 13.4. The molecule has 5 heteroatoms. The van der Waals surface area contributed by atoms with Crippen LogP contribution in [0.1, 0.15) is 53.2 Å². The third-order valence-corrected chi connectivity index (χ3v) is 5.64. The molecule has 1 atom stereocenters. The van der Waals surface area contributed by atoms with Crippen LogP contribution in [-0.4, -0.2) is 34.0 Å². The second-order valence-corrected chi connectivity index (χ2v) is 7.57. The first kappa shape index (κ1) is 19.2. The third-order valence-electron chi connectivity index (χ3n) is 5.64. The van der Waals surface area contributed by atoms with Crippen LogP contribution in [0.2, 0.25) is 0 Å². The predicted octanol–water partition coefficient (Wildman–Crippen LogP) is 4.70. The summed E-state index contributed by atoms with van der Waals surface area (Å²) in [6, 6.07) is 16.2. The van der Waals surface area contributed by atoms with Crippen LogP contribution < -0.4 is 4.74 Å². The summed E-state index contributed by atoms with van der Waals surface area (Å²) in [5, 5.41) is 0. The van der Waals surface area contributed by atoms with Gasteiger partial charge in [0.1, 0.15) is 5.75 Å². The molecule has 0 radical (unpaired) electrons. The zero-order valence-corrected chi connectivity index (χ0v) is 16.8. The predicted molar refractivity (Wildman–Crippen MR) is 113 cm³/mol. The second-order valence-electron chi connectivity index (χ2n) is 7.57. The van der Waals surface area contributed by atoms with Gasteiger partial charge in [-0.05, 0) is 48.2 Å². The van der Waals surface area contributed by atoms with Crippen molar-refractivity contribution in [2.75, 3.05) is 13.7 Å². The molecule has 1 saturated heterocycles. The molecule has 0 bridgehead atoms. The van der Waals surface area contributed by atoms with Crippen molar-refractivity contribution in [3.05, 3.63) is 83.9 Å². The molecule has 5 nitrogen and oxygen atoms in total. The lowest BCUT2D eigenvalue weighted by molar-refractivity contribution is 0.0681. The van der Waals surface area contributed by atoms with Gasteiger partial charge in [-0.15, -0.1) is 0 Å². The van der Waals surface area contributed by atoms with Crippen molar-refractivity contribution in [3.63, 3.8) is 0 Å². The molecule has 150 valence electrons. The number of carbonyl (C=O) groups is 1. The van der Waals surface area contributed by atoms with Gasteiger partial charge in [0.15, 0.2) is 0 Å². The van der Waals surface area contributed by atoms with Crippen molar-refractivity contribution >= 4 is 5.91 Å². The lowest BCUT2D eigenvalue weighted by atomic mass is 9.99. The third kappa shape index (κ3) is 4.50. The van der Waals surface area contributed by atoms with Gasteiger partial charge in [0.05, 0.1) is 19.5 Å². The number of aromatic nitrogens is 2. The molecule has 2 aromatic carbocycles. The summed E-state index contributed by atoms with van der Waals surface area (Å²) < 4.78 is 7.31. The van der Waals surface area contributed by atoms with Gasteiger partial charge >= 0.3 is 0 Å². The summed E-state index contributed by atoms with van der Waals surface area (Å²) in [6.07, 6.45) is 9.88. The van der Waals surface area contributed by atoms with Gasteiger partial charge in [-0.1, -0.05) is 37.1 Å². The molecule has 0 spiro atoms. The standard InChI is InChI=1S/C24H27N3O2/c1-29-22-12-10-20(11-13-22)23-5-3-2-4-15-27(23)24(28)21-8-6-19(7-9-21)17-26-16-14-25-18-26/h6-14,16,18,23H,2-5,15,17H2,1H3. The van der Waals surface area contributed by atoms with E-state index in [1.54, 1.807) is 19.6 Å². The van der Waals surface area contributed by atoms with Crippen molar-refractivity contribution in [2.24, 2.45) is 0 Å². The van der Waals surface area contributed by atoms with E-state index >= 15 is 0 Å². The van der Waals surface area contributed by atoms with Crippen LogP contribution in [-0.2, 0) is 6.54 Å². The Bertz CT molecular complexity index is 918. The smallest absolute Gasteiger partial charge is 0.254 e. The Morgan fingerprint density at radius 1 is 1.07 bits per heavy atom. The first-order valence-electron chi connectivity index (χ1n) is 10.2. The van der Waals surface area contributed by atoms with E-state index in [4.69, 9.17) is 4.74 Å². The van der Waals surface area contributed by atoms with Crippen LogP contribution in [0.4, 0.5) is 0 Å². The van der Waals surface area contributed by atoms with Crippen LogP contribution in [0.15, 0.2) is 67.3 Å². The Balaban J connectivity index is 1.53. The molecule has 1 aliphatic rings. The fraction of sp³-hybridized carbons (Fsp3) is 0.333. The number of imidazole rings is 1. The first-order chi connectivity index (χ1) is 14.2. The van der Waals surface area contributed by atoms with E-state index in [9.17, 15) is 4.79 Å². The molecular formula is C24H27N3O2. The van der Waals surface area contributed by atoms with E-state index in [1.165, 1.54) is 12.0 Å². The molecular weight excluding hydrogens is 362 g/mol. The second kappa shape index (κ2) is 8.95. The minimum atomic E-state index is 0.113. The van der Waals surface area contributed by atoms with Gasteiger partial charge in [0.2, 0.25) is 0 Å². The number of hydrogen-bond acceptors (Lipinski definition) is 3.